The van der Waals surface area contributed by atoms with E-state index in [2.05, 4.69) is 15.3 Å². The standard InChI is InChI=1S/C14H14ClN3O2/c1-20-14-16-7-10(15)13(18-14)17-12-9-5-3-2-4-8(9)6-11(12)19/h2-5,7,11-12,19H,6H2,1H3,(H,16,17,18)/t11-,12+/m1/s1. The number of methoxy groups -OCH3 is 1. The first kappa shape index (κ1) is 13.1. The van der Waals surface area contributed by atoms with Crippen LogP contribution in [0.2, 0.25) is 5.02 Å². The molecule has 3 rings (SSSR count). The molecular weight excluding hydrogens is 278 g/mol. The molecule has 20 heavy (non-hydrogen) atoms. The second-order valence-corrected chi connectivity index (χ2v) is 5.05. The second kappa shape index (κ2) is 5.26. The maximum absolute atomic E-state index is 10.2. The zero-order valence-electron chi connectivity index (χ0n) is 10.9. The number of aliphatic hydroxyl groups is 1. The molecule has 6 heteroatoms. The van der Waals surface area contributed by atoms with Crippen molar-refractivity contribution in [3.05, 3.63) is 46.6 Å². The van der Waals surface area contributed by atoms with Crippen LogP contribution >= 0.6 is 11.6 Å². The number of nitrogens with one attached hydrogen (secondary N) is 1. The molecular formula is C14H14ClN3O2. The van der Waals surface area contributed by atoms with E-state index in [-0.39, 0.29) is 12.1 Å². The van der Waals surface area contributed by atoms with Crippen LogP contribution in [0, 0.1) is 0 Å². The predicted molar refractivity (Wildman–Crippen MR) is 76.1 cm³/mol. The molecule has 1 aromatic carbocycles. The second-order valence-electron chi connectivity index (χ2n) is 4.65. The van der Waals surface area contributed by atoms with Crippen molar-refractivity contribution in [3.63, 3.8) is 0 Å². The fourth-order valence-electron chi connectivity index (χ4n) is 2.45. The Morgan fingerprint density at radius 1 is 1.40 bits per heavy atom. The zero-order valence-corrected chi connectivity index (χ0v) is 11.6. The molecule has 0 saturated heterocycles. The summed E-state index contributed by atoms with van der Waals surface area (Å²) in [6.07, 6.45) is 1.58. The van der Waals surface area contributed by atoms with Gasteiger partial charge in [0.05, 0.1) is 25.5 Å². The number of halogens is 1. The number of nitrogens with zero attached hydrogens (tertiary/aromatic N) is 2. The molecule has 1 aromatic heterocycles. The van der Waals surface area contributed by atoms with Crippen LogP contribution in [0.5, 0.6) is 6.01 Å². The fraction of sp³-hybridized carbons (Fsp3) is 0.286. The van der Waals surface area contributed by atoms with Crippen LogP contribution in [-0.4, -0.2) is 28.3 Å². The highest BCUT2D eigenvalue weighted by Crippen LogP contribution is 2.35. The van der Waals surface area contributed by atoms with Crippen LogP contribution in [0.25, 0.3) is 0 Å². The van der Waals surface area contributed by atoms with E-state index in [4.69, 9.17) is 16.3 Å². The van der Waals surface area contributed by atoms with Gasteiger partial charge < -0.3 is 15.2 Å². The van der Waals surface area contributed by atoms with Crippen molar-refractivity contribution >= 4 is 17.4 Å². The largest absolute Gasteiger partial charge is 0.467 e. The van der Waals surface area contributed by atoms with E-state index in [0.717, 1.165) is 11.1 Å². The maximum Gasteiger partial charge on any atom is 0.318 e. The van der Waals surface area contributed by atoms with E-state index in [1.807, 2.05) is 24.3 Å². The van der Waals surface area contributed by atoms with Gasteiger partial charge in [0.1, 0.15) is 5.02 Å². The molecule has 0 bridgehead atoms. The van der Waals surface area contributed by atoms with Gasteiger partial charge in [-0.1, -0.05) is 35.9 Å². The average Bonchev–Trinajstić information content (AvgIpc) is 2.77. The molecule has 0 fully saturated rings. The topological polar surface area (TPSA) is 67.3 Å². The van der Waals surface area contributed by atoms with Crippen LogP contribution in [0.15, 0.2) is 30.5 Å². The summed E-state index contributed by atoms with van der Waals surface area (Å²) in [6.45, 7) is 0. The molecule has 1 aliphatic rings. The first-order valence-corrected chi connectivity index (χ1v) is 6.66. The van der Waals surface area contributed by atoms with E-state index >= 15 is 0 Å². The molecule has 0 unspecified atom stereocenters. The normalized spacial score (nSPS) is 20.6. The Kier molecular flexibility index (Phi) is 3.46. The Morgan fingerprint density at radius 2 is 2.20 bits per heavy atom. The monoisotopic (exact) mass is 291 g/mol. The molecule has 2 atom stereocenters. The van der Waals surface area contributed by atoms with Crippen molar-refractivity contribution in [2.75, 3.05) is 12.4 Å². The molecule has 1 aliphatic carbocycles. The molecule has 0 saturated carbocycles. The van der Waals surface area contributed by atoms with E-state index < -0.39 is 6.10 Å². The summed E-state index contributed by atoms with van der Waals surface area (Å²) in [5.74, 6) is 0.458. The molecule has 0 amide bonds. The molecule has 1 heterocycles. The number of aromatic nitrogens is 2. The smallest absolute Gasteiger partial charge is 0.318 e. The van der Waals surface area contributed by atoms with Crippen LogP contribution < -0.4 is 10.1 Å². The third-order valence-electron chi connectivity index (χ3n) is 3.40. The predicted octanol–water partition coefficient (Wildman–Crippen LogP) is 2.21. The van der Waals surface area contributed by atoms with Gasteiger partial charge in [-0.25, -0.2) is 4.98 Å². The number of aliphatic hydroxyl groups excluding tert-OH is 1. The van der Waals surface area contributed by atoms with Gasteiger partial charge in [-0.15, -0.1) is 0 Å². The third kappa shape index (κ3) is 2.30. The van der Waals surface area contributed by atoms with Gasteiger partial charge >= 0.3 is 6.01 Å². The minimum absolute atomic E-state index is 0.233. The highest BCUT2D eigenvalue weighted by molar-refractivity contribution is 6.32. The van der Waals surface area contributed by atoms with Crippen molar-refractivity contribution in [2.24, 2.45) is 0 Å². The molecule has 0 spiro atoms. The van der Waals surface area contributed by atoms with Gasteiger partial charge in [-0.2, -0.15) is 4.98 Å². The Balaban J connectivity index is 1.92. The number of rotatable bonds is 3. The summed E-state index contributed by atoms with van der Waals surface area (Å²) in [6, 6.07) is 7.93. The van der Waals surface area contributed by atoms with Crippen molar-refractivity contribution in [1.82, 2.24) is 9.97 Å². The number of benzene rings is 1. The molecule has 0 aliphatic heterocycles. The third-order valence-corrected chi connectivity index (χ3v) is 3.68. The maximum atomic E-state index is 10.2. The SMILES string of the molecule is COc1ncc(Cl)c(N[C@H]2c3ccccc3C[C@H]2O)n1. The number of hydrogen-bond acceptors (Lipinski definition) is 5. The lowest BCUT2D eigenvalue weighted by atomic mass is 10.1. The number of anilines is 1. The van der Waals surface area contributed by atoms with E-state index in [1.165, 1.54) is 13.3 Å². The van der Waals surface area contributed by atoms with Crippen LogP contribution in [0.4, 0.5) is 5.82 Å². The van der Waals surface area contributed by atoms with Gasteiger partial charge in [0.15, 0.2) is 5.82 Å². The van der Waals surface area contributed by atoms with E-state index in [1.54, 1.807) is 0 Å². The summed E-state index contributed by atoms with van der Waals surface area (Å²) >= 11 is 6.08. The summed E-state index contributed by atoms with van der Waals surface area (Å²) in [4.78, 5) is 8.10. The highest BCUT2D eigenvalue weighted by Gasteiger charge is 2.31. The molecule has 104 valence electrons. The molecule has 0 radical (unpaired) electrons. The van der Waals surface area contributed by atoms with Gasteiger partial charge in [-0.3, -0.25) is 0 Å². The van der Waals surface area contributed by atoms with Gasteiger partial charge in [-0.05, 0) is 11.1 Å². The lowest BCUT2D eigenvalue weighted by Gasteiger charge is -2.19. The number of fused-ring (bicyclic) bond motifs is 1. The Hall–Kier alpha value is -1.85. The Bertz CT molecular complexity index is 636. The Morgan fingerprint density at radius 3 is 3.00 bits per heavy atom. The van der Waals surface area contributed by atoms with Crippen molar-refractivity contribution in [3.8, 4) is 6.01 Å². The zero-order chi connectivity index (χ0) is 14.1. The minimum Gasteiger partial charge on any atom is -0.467 e. The van der Waals surface area contributed by atoms with Gasteiger partial charge in [0.25, 0.3) is 0 Å². The first-order valence-electron chi connectivity index (χ1n) is 6.28. The van der Waals surface area contributed by atoms with Crippen LogP contribution in [0.3, 0.4) is 0 Å². The van der Waals surface area contributed by atoms with Crippen molar-refractivity contribution < 1.29 is 9.84 Å². The summed E-state index contributed by atoms with van der Waals surface area (Å²) < 4.78 is 4.99. The average molecular weight is 292 g/mol. The minimum atomic E-state index is -0.510. The molecule has 2 aromatic rings. The summed E-state index contributed by atoms with van der Waals surface area (Å²) in [7, 11) is 1.49. The number of ether oxygens (including phenoxy) is 1. The molecule has 2 N–H and O–H groups in total. The lowest BCUT2D eigenvalue weighted by molar-refractivity contribution is 0.165. The first-order chi connectivity index (χ1) is 9.69. The fourth-order valence-corrected chi connectivity index (χ4v) is 2.59. The van der Waals surface area contributed by atoms with Crippen molar-refractivity contribution in [1.29, 1.82) is 0 Å². The van der Waals surface area contributed by atoms with Gasteiger partial charge in [0.2, 0.25) is 0 Å². The van der Waals surface area contributed by atoms with Crippen molar-refractivity contribution in [2.45, 2.75) is 18.6 Å². The highest BCUT2D eigenvalue weighted by atomic mass is 35.5. The quantitative estimate of drug-likeness (QED) is 0.907. The number of hydrogen-bond donors (Lipinski definition) is 2. The molecule has 5 nitrogen and oxygen atoms in total. The van der Waals surface area contributed by atoms with Crippen LogP contribution in [-0.2, 0) is 6.42 Å². The van der Waals surface area contributed by atoms with E-state index in [9.17, 15) is 5.11 Å². The van der Waals surface area contributed by atoms with Crippen LogP contribution in [0.1, 0.15) is 17.2 Å². The lowest BCUT2D eigenvalue weighted by Crippen LogP contribution is -2.22. The Labute approximate surface area is 121 Å². The van der Waals surface area contributed by atoms with E-state index in [0.29, 0.717) is 17.3 Å². The summed E-state index contributed by atoms with van der Waals surface area (Å²) in [5.41, 5.74) is 2.20. The summed E-state index contributed by atoms with van der Waals surface area (Å²) in [5, 5.41) is 13.8. The van der Waals surface area contributed by atoms with Gasteiger partial charge in [0, 0.05) is 6.42 Å².